The van der Waals surface area contributed by atoms with Gasteiger partial charge in [-0.1, -0.05) is 6.92 Å². The summed E-state index contributed by atoms with van der Waals surface area (Å²) in [5.41, 5.74) is 5.65. The van der Waals surface area contributed by atoms with E-state index in [0.717, 1.165) is 39.1 Å². The predicted molar refractivity (Wildman–Crippen MR) is 94.9 cm³/mol. The summed E-state index contributed by atoms with van der Waals surface area (Å²) in [6.45, 7) is 7.45. The van der Waals surface area contributed by atoms with E-state index in [-0.39, 0.29) is 17.6 Å². The number of hydrogen-bond donors (Lipinski definition) is 2. The third kappa shape index (κ3) is 4.07. The standard InChI is InChI=1S/C15H25N7O3/c1-2-20-5-7-21(8-6-20)14-12(22(23)24)13(16)18-15(19-14)17-10-11-4-3-9-25-11/h11H,2-10H2,1H3,(H3,16,17,18,19). The Hall–Kier alpha value is -2.20. The molecule has 25 heavy (non-hydrogen) atoms. The molecule has 0 spiro atoms. The van der Waals surface area contributed by atoms with Crippen molar-refractivity contribution in [3.63, 3.8) is 0 Å². The first kappa shape index (κ1) is 17.6. The van der Waals surface area contributed by atoms with Crippen molar-refractivity contribution in [2.75, 3.05) is 61.8 Å². The van der Waals surface area contributed by atoms with Gasteiger partial charge in [0.15, 0.2) is 0 Å². The van der Waals surface area contributed by atoms with Gasteiger partial charge in [0, 0.05) is 39.3 Å². The van der Waals surface area contributed by atoms with Crippen LogP contribution >= 0.6 is 0 Å². The number of nitro groups is 1. The van der Waals surface area contributed by atoms with Gasteiger partial charge in [-0.2, -0.15) is 9.97 Å². The van der Waals surface area contributed by atoms with Crippen molar-refractivity contribution in [3.05, 3.63) is 10.1 Å². The van der Waals surface area contributed by atoms with E-state index < -0.39 is 4.92 Å². The lowest BCUT2D eigenvalue weighted by atomic mass is 10.2. The molecule has 3 N–H and O–H groups in total. The van der Waals surface area contributed by atoms with Crippen LogP contribution in [0.15, 0.2) is 0 Å². The Labute approximate surface area is 146 Å². The molecule has 0 aliphatic carbocycles. The maximum atomic E-state index is 11.5. The SMILES string of the molecule is CCN1CCN(c2nc(NCC3CCCO3)nc(N)c2[N+](=O)[O-])CC1. The van der Waals surface area contributed by atoms with Crippen LogP contribution in [0.5, 0.6) is 0 Å². The fourth-order valence-corrected chi connectivity index (χ4v) is 3.22. The van der Waals surface area contributed by atoms with Gasteiger partial charge in [0.1, 0.15) is 0 Å². The smallest absolute Gasteiger partial charge is 0.353 e. The van der Waals surface area contributed by atoms with Crippen LogP contribution in [0.25, 0.3) is 0 Å². The fraction of sp³-hybridized carbons (Fsp3) is 0.733. The highest BCUT2D eigenvalue weighted by Gasteiger charge is 2.29. The van der Waals surface area contributed by atoms with Crippen molar-refractivity contribution < 1.29 is 9.66 Å². The quantitative estimate of drug-likeness (QED) is 0.563. The average Bonchev–Trinajstić information content (AvgIpc) is 3.12. The molecule has 10 nitrogen and oxygen atoms in total. The van der Waals surface area contributed by atoms with E-state index in [0.29, 0.717) is 31.4 Å². The summed E-state index contributed by atoms with van der Waals surface area (Å²) in [7, 11) is 0. The van der Waals surface area contributed by atoms with Gasteiger partial charge >= 0.3 is 5.69 Å². The second-order valence-corrected chi connectivity index (χ2v) is 6.30. The number of hydrogen-bond acceptors (Lipinski definition) is 9. The van der Waals surface area contributed by atoms with Crippen LogP contribution in [-0.2, 0) is 4.74 Å². The number of nitrogens with zero attached hydrogens (tertiary/aromatic N) is 5. The minimum absolute atomic E-state index is 0.109. The number of nitrogens with two attached hydrogens (primary N) is 1. The number of aromatic nitrogens is 2. The van der Waals surface area contributed by atoms with Gasteiger partial charge in [-0.3, -0.25) is 10.1 Å². The van der Waals surface area contributed by atoms with E-state index in [1.807, 2.05) is 4.90 Å². The molecule has 1 aromatic rings. The highest BCUT2D eigenvalue weighted by atomic mass is 16.6. The Morgan fingerprint density at radius 1 is 1.36 bits per heavy atom. The van der Waals surface area contributed by atoms with Crippen LogP contribution in [-0.4, -0.2) is 71.8 Å². The molecule has 2 fully saturated rings. The average molecular weight is 351 g/mol. The van der Waals surface area contributed by atoms with Gasteiger partial charge in [-0.15, -0.1) is 0 Å². The monoisotopic (exact) mass is 351 g/mol. The molecular formula is C15H25N7O3. The van der Waals surface area contributed by atoms with Gasteiger partial charge in [0.05, 0.1) is 11.0 Å². The molecule has 3 heterocycles. The molecule has 138 valence electrons. The molecule has 0 bridgehead atoms. The van der Waals surface area contributed by atoms with Gasteiger partial charge < -0.3 is 25.6 Å². The second kappa shape index (κ2) is 7.79. The zero-order valence-corrected chi connectivity index (χ0v) is 14.5. The van der Waals surface area contributed by atoms with Crippen LogP contribution < -0.4 is 16.0 Å². The summed E-state index contributed by atoms with van der Waals surface area (Å²) in [4.78, 5) is 23.6. The molecule has 0 radical (unpaired) electrons. The predicted octanol–water partition coefficient (Wildman–Crippen LogP) is 0.700. The number of likely N-dealkylation sites (N-methyl/N-ethyl adjacent to an activating group) is 1. The van der Waals surface area contributed by atoms with E-state index in [1.54, 1.807) is 0 Å². The molecule has 1 unspecified atom stereocenters. The molecule has 3 rings (SSSR count). The number of anilines is 3. The normalized spacial score (nSPS) is 21.5. The van der Waals surface area contributed by atoms with Gasteiger partial charge in [-0.25, -0.2) is 0 Å². The first-order chi connectivity index (χ1) is 12.1. The summed E-state index contributed by atoms with van der Waals surface area (Å²) in [5.74, 6) is 0.498. The summed E-state index contributed by atoms with van der Waals surface area (Å²) < 4.78 is 5.56. The molecule has 1 aromatic heterocycles. The van der Waals surface area contributed by atoms with Crippen LogP contribution in [0.1, 0.15) is 19.8 Å². The largest absolute Gasteiger partial charge is 0.378 e. The molecule has 2 aliphatic heterocycles. The summed E-state index contributed by atoms with van der Waals surface area (Å²) >= 11 is 0. The van der Waals surface area contributed by atoms with E-state index >= 15 is 0 Å². The lowest BCUT2D eigenvalue weighted by molar-refractivity contribution is -0.383. The molecule has 1 atom stereocenters. The summed E-state index contributed by atoms with van der Waals surface area (Å²) in [5, 5.41) is 14.6. The number of nitrogens with one attached hydrogen (secondary N) is 1. The third-order valence-electron chi connectivity index (χ3n) is 4.71. The summed E-state index contributed by atoms with van der Waals surface area (Å²) in [6.07, 6.45) is 2.15. The highest BCUT2D eigenvalue weighted by Crippen LogP contribution is 2.32. The first-order valence-corrected chi connectivity index (χ1v) is 8.73. The molecule has 0 saturated carbocycles. The number of piperazine rings is 1. The van der Waals surface area contributed by atoms with Crippen molar-refractivity contribution in [3.8, 4) is 0 Å². The summed E-state index contributed by atoms with van der Waals surface area (Å²) in [6, 6.07) is 0. The van der Waals surface area contributed by atoms with Crippen molar-refractivity contribution in [1.29, 1.82) is 0 Å². The number of nitrogen functional groups attached to an aromatic ring is 1. The number of ether oxygens (including phenoxy) is 1. The highest BCUT2D eigenvalue weighted by molar-refractivity contribution is 5.71. The van der Waals surface area contributed by atoms with Crippen LogP contribution in [0.4, 0.5) is 23.3 Å². The maximum Gasteiger partial charge on any atom is 0.353 e. The maximum absolute atomic E-state index is 11.5. The Bertz CT molecular complexity index is 613. The minimum Gasteiger partial charge on any atom is -0.378 e. The third-order valence-corrected chi connectivity index (χ3v) is 4.71. The first-order valence-electron chi connectivity index (χ1n) is 8.73. The Balaban J connectivity index is 1.79. The Morgan fingerprint density at radius 3 is 2.72 bits per heavy atom. The van der Waals surface area contributed by atoms with E-state index in [9.17, 15) is 10.1 Å². The molecule has 2 saturated heterocycles. The van der Waals surface area contributed by atoms with Crippen molar-refractivity contribution >= 4 is 23.3 Å². The topological polar surface area (TPSA) is 123 Å². The fourth-order valence-electron chi connectivity index (χ4n) is 3.22. The lowest BCUT2D eigenvalue weighted by Crippen LogP contribution is -2.46. The Kier molecular flexibility index (Phi) is 5.49. The molecule has 2 aliphatic rings. The van der Waals surface area contributed by atoms with Crippen molar-refractivity contribution in [2.45, 2.75) is 25.9 Å². The van der Waals surface area contributed by atoms with Gasteiger partial charge in [0.25, 0.3) is 0 Å². The van der Waals surface area contributed by atoms with E-state index in [4.69, 9.17) is 10.5 Å². The molecule has 0 aromatic carbocycles. The van der Waals surface area contributed by atoms with Gasteiger partial charge in [-0.05, 0) is 19.4 Å². The Morgan fingerprint density at radius 2 is 2.12 bits per heavy atom. The second-order valence-electron chi connectivity index (χ2n) is 6.30. The van der Waals surface area contributed by atoms with Gasteiger partial charge in [0.2, 0.25) is 17.6 Å². The van der Waals surface area contributed by atoms with E-state index in [2.05, 4.69) is 27.1 Å². The zero-order valence-electron chi connectivity index (χ0n) is 14.5. The molecule has 0 amide bonds. The molecule has 10 heteroatoms. The zero-order chi connectivity index (χ0) is 17.8. The lowest BCUT2D eigenvalue weighted by Gasteiger charge is -2.34. The van der Waals surface area contributed by atoms with Crippen LogP contribution in [0.3, 0.4) is 0 Å². The molecular weight excluding hydrogens is 326 g/mol. The van der Waals surface area contributed by atoms with Crippen LogP contribution in [0, 0.1) is 10.1 Å². The minimum atomic E-state index is -0.499. The van der Waals surface area contributed by atoms with Crippen molar-refractivity contribution in [1.82, 2.24) is 14.9 Å². The van der Waals surface area contributed by atoms with E-state index in [1.165, 1.54) is 0 Å². The number of rotatable bonds is 6. The van der Waals surface area contributed by atoms with Crippen molar-refractivity contribution in [2.24, 2.45) is 0 Å². The van der Waals surface area contributed by atoms with Crippen LogP contribution in [0.2, 0.25) is 0 Å².